The quantitative estimate of drug-likeness (QED) is 0.499. The van der Waals surface area contributed by atoms with Gasteiger partial charge in [-0.2, -0.15) is 0 Å². The minimum Gasteiger partial charge on any atom is -0.351 e. The maximum Gasteiger partial charge on any atom is 0.292 e. The van der Waals surface area contributed by atoms with Crippen molar-refractivity contribution in [2.45, 2.75) is 19.4 Å². The van der Waals surface area contributed by atoms with Crippen molar-refractivity contribution in [1.82, 2.24) is 20.4 Å². The number of rotatable bonds is 6. The van der Waals surface area contributed by atoms with Crippen molar-refractivity contribution in [3.8, 4) is 0 Å². The van der Waals surface area contributed by atoms with Gasteiger partial charge in [0, 0.05) is 13.1 Å². The summed E-state index contributed by atoms with van der Waals surface area (Å²) < 4.78 is 10.1. The molecule has 0 spiro atoms. The monoisotopic (exact) mass is 388 g/mol. The van der Waals surface area contributed by atoms with Gasteiger partial charge in [0.05, 0.1) is 18.2 Å². The van der Waals surface area contributed by atoms with Gasteiger partial charge in [0.1, 0.15) is 11.4 Å². The second-order valence-corrected chi connectivity index (χ2v) is 6.83. The Labute approximate surface area is 167 Å². The summed E-state index contributed by atoms with van der Waals surface area (Å²) in [5, 5.41) is 11.8. The number of aromatic nitrogens is 3. The molecule has 0 N–H and O–H groups in total. The van der Waals surface area contributed by atoms with Gasteiger partial charge in [0.25, 0.3) is 5.91 Å². The van der Waals surface area contributed by atoms with Gasteiger partial charge in [-0.25, -0.2) is 4.63 Å². The van der Waals surface area contributed by atoms with E-state index in [0.717, 1.165) is 11.1 Å². The molecule has 4 rings (SSSR count). The van der Waals surface area contributed by atoms with Gasteiger partial charge in [-0.15, -0.1) is 0 Å². The zero-order valence-corrected chi connectivity index (χ0v) is 16.1. The van der Waals surface area contributed by atoms with Crippen LogP contribution in [0.25, 0.3) is 0 Å². The van der Waals surface area contributed by atoms with Crippen LogP contribution in [0.2, 0.25) is 0 Å². The normalized spacial score (nSPS) is 11.0. The number of hydrogen-bond donors (Lipinski definition) is 0. The highest BCUT2D eigenvalue weighted by Gasteiger charge is 2.25. The topological polar surface area (TPSA) is 85.3 Å². The number of benzene rings is 2. The first-order valence-electron chi connectivity index (χ1n) is 9.23. The van der Waals surface area contributed by atoms with Crippen LogP contribution in [0.1, 0.15) is 44.7 Å². The molecule has 0 radical (unpaired) electrons. The van der Waals surface area contributed by atoms with E-state index in [2.05, 4.69) is 15.5 Å². The van der Waals surface area contributed by atoms with Gasteiger partial charge in [-0.05, 0) is 18.1 Å². The van der Waals surface area contributed by atoms with Crippen LogP contribution in [0.15, 0.2) is 75.9 Å². The molecule has 1 amide bonds. The zero-order valence-electron chi connectivity index (χ0n) is 16.1. The predicted molar refractivity (Wildman–Crippen MR) is 105 cm³/mol. The van der Waals surface area contributed by atoms with Gasteiger partial charge in [-0.3, -0.25) is 4.79 Å². The molecule has 7 heteroatoms. The first-order chi connectivity index (χ1) is 14.1. The second kappa shape index (κ2) is 8.10. The summed E-state index contributed by atoms with van der Waals surface area (Å²) in [5.41, 5.74) is 4.08. The maximum atomic E-state index is 12.8. The summed E-state index contributed by atoms with van der Waals surface area (Å²) >= 11 is 0. The molecule has 146 valence electrons. The van der Waals surface area contributed by atoms with Crippen molar-refractivity contribution < 1.29 is 13.9 Å². The molecular weight excluding hydrogens is 368 g/mol. The highest BCUT2D eigenvalue weighted by Crippen LogP contribution is 2.31. The fourth-order valence-electron chi connectivity index (χ4n) is 3.23. The number of amides is 1. The first kappa shape index (κ1) is 18.6. The lowest BCUT2D eigenvalue weighted by Crippen LogP contribution is -2.26. The largest absolute Gasteiger partial charge is 0.351 e. The smallest absolute Gasteiger partial charge is 0.292 e. The van der Waals surface area contributed by atoms with Crippen molar-refractivity contribution in [2.75, 3.05) is 7.05 Å². The molecule has 0 aliphatic heterocycles. The zero-order chi connectivity index (χ0) is 20.2. The van der Waals surface area contributed by atoms with E-state index in [1.807, 2.05) is 60.7 Å². The SMILES string of the molecule is Cc1nonc1CN(C)C(=O)c1cc(C(c2ccccc2)c2ccccc2)no1. The van der Waals surface area contributed by atoms with Gasteiger partial charge >= 0.3 is 0 Å². The predicted octanol–water partition coefficient (Wildman–Crippen LogP) is 3.82. The van der Waals surface area contributed by atoms with Gasteiger partial charge in [0.15, 0.2) is 0 Å². The summed E-state index contributed by atoms with van der Waals surface area (Å²) in [6, 6.07) is 21.8. The molecule has 0 atom stereocenters. The molecule has 7 nitrogen and oxygen atoms in total. The molecule has 0 saturated carbocycles. The molecule has 0 aliphatic carbocycles. The number of carbonyl (C=O) groups is 1. The molecule has 0 fully saturated rings. The van der Waals surface area contributed by atoms with Crippen molar-refractivity contribution in [1.29, 1.82) is 0 Å². The molecule has 2 heterocycles. The highest BCUT2D eigenvalue weighted by atomic mass is 16.6. The fourth-order valence-corrected chi connectivity index (χ4v) is 3.23. The lowest BCUT2D eigenvalue weighted by atomic mass is 9.88. The number of nitrogens with zero attached hydrogens (tertiary/aromatic N) is 4. The van der Waals surface area contributed by atoms with E-state index in [4.69, 9.17) is 9.15 Å². The fraction of sp³-hybridized carbons (Fsp3) is 0.182. The van der Waals surface area contributed by atoms with Crippen molar-refractivity contribution in [3.05, 3.63) is 101 Å². The van der Waals surface area contributed by atoms with E-state index < -0.39 is 0 Å². The molecule has 29 heavy (non-hydrogen) atoms. The van der Waals surface area contributed by atoms with Gasteiger partial charge in [0.2, 0.25) is 5.76 Å². The van der Waals surface area contributed by atoms with E-state index in [-0.39, 0.29) is 24.1 Å². The Kier molecular flexibility index (Phi) is 5.20. The van der Waals surface area contributed by atoms with Gasteiger partial charge < -0.3 is 9.42 Å². The van der Waals surface area contributed by atoms with E-state index in [9.17, 15) is 4.79 Å². The number of carbonyl (C=O) groups excluding carboxylic acids is 1. The van der Waals surface area contributed by atoms with Crippen LogP contribution in [0.4, 0.5) is 0 Å². The van der Waals surface area contributed by atoms with E-state index in [1.165, 1.54) is 4.90 Å². The number of hydrogen-bond acceptors (Lipinski definition) is 6. The van der Waals surface area contributed by atoms with Crippen LogP contribution in [-0.4, -0.2) is 33.3 Å². The third kappa shape index (κ3) is 3.94. The minimum absolute atomic E-state index is 0.130. The van der Waals surface area contributed by atoms with Gasteiger partial charge in [-0.1, -0.05) is 76.1 Å². The van der Waals surface area contributed by atoms with Crippen LogP contribution < -0.4 is 0 Å². The lowest BCUT2D eigenvalue weighted by Gasteiger charge is -2.15. The average molecular weight is 388 g/mol. The van der Waals surface area contributed by atoms with Crippen molar-refractivity contribution in [2.24, 2.45) is 0 Å². The third-order valence-electron chi connectivity index (χ3n) is 4.78. The molecule has 0 unspecified atom stereocenters. The lowest BCUT2D eigenvalue weighted by molar-refractivity contribution is 0.0740. The summed E-state index contributed by atoms with van der Waals surface area (Å²) in [7, 11) is 1.67. The molecule has 0 aliphatic rings. The Hall–Kier alpha value is -3.74. The summed E-state index contributed by atoms with van der Waals surface area (Å²) in [4.78, 5) is 14.3. The van der Waals surface area contributed by atoms with Crippen LogP contribution in [0, 0.1) is 6.92 Å². The Bertz CT molecular complexity index is 1050. The summed E-state index contributed by atoms with van der Waals surface area (Å²) in [6.45, 7) is 2.05. The van der Waals surface area contributed by atoms with Crippen LogP contribution in [0.5, 0.6) is 0 Å². The van der Waals surface area contributed by atoms with Crippen LogP contribution in [0.3, 0.4) is 0 Å². The Balaban J connectivity index is 1.62. The molecule has 0 saturated heterocycles. The summed E-state index contributed by atoms with van der Waals surface area (Å²) in [5.74, 6) is -0.241. The summed E-state index contributed by atoms with van der Waals surface area (Å²) in [6.07, 6.45) is 0. The average Bonchev–Trinajstić information content (AvgIpc) is 3.39. The molecule has 2 aromatic carbocycles. The van der Waals surface area contributed by atoms with Crippen LogP contribution >= 0.6 is 0 Å². The second-order valence-electron chi connectivity index (χ2n) is 6.83. The minimum atomic E-state index is -0.286. The van der Waals surface area contributed by atoms with Crippen LogP contribution in [-0.2, 0) is 6.54 Å². The Morgan fingerprint density at radius 2 is 1.59 bits per heavy atom. The highest BCUT2D eigenvalue weighted by molar-refractivity contribution is 5.91. The Morgan fingerprint density at radius 1 is 0.966 bits per heavy atom. The van der Waals surface area contributed by atoms with E-state index >= 15 is 0 Å². The number of aryl methyl sites for hydroxylation is 1. The Morgan fingerprint density at radius 3 is 2.14 bits per heavy atom. The molecule has 4 aromatic rings. The molecule has 0 bridgehead atoms. The molecular formula is C22H20N4O3. The molecule has 2 aromatic heterocycles. The standard InChI is InChI=1S/C22H20N4O3/c1-15-19(25-29-23-15)14-26(2)22(27)20-13-18(24-28-20)21(16-9-5-3-6-10-16)17-11-7-4-8-12-17/h3-13,21H,14H2,1-2H3. The third-order valence-corrected chi connectivity index (χ3v) is 4.78. The van der Waals surface area contributed by atoms with Crippen molar-refractivity contribution >= 4 is 5.91 Å². The first-order valence-corrected chi connectivity index (χ1v) is 9.23. The van der Waals surface area contributed by atoms with Crippen molar-refractivity contribution in [3.63, 3.8) is 0 Å². The van der Waals surface area contributed by atoms with E-state index in [1.54, 1.807) is 20.0 Å². The maximum absolute atomic E-state index is 12.8. The van der Waals surface area contributed by atoms with E-state index in [0.29, 0.717) is 17.1 Å².